The van der Waals surface area contributed by atoms with Gasteiger partial charge in [-0.2, -0.15) is 0 Å². The summed E-state index contributed by atoms with van der Waals surface area (Å²) in [6.45, 7) is 1.01. The van der Waals surface area contributed by atoms with E-state index < -0.39 is 5.82 Å². The van der Waals surface area contributed by atoms with Gasteiger partial charge in [-0.15, -0.1) is 0 Å². The molecular weight excluding hydrogens is 321 g/mol. The first-order chi connectivity index (χ1) is 12.1. The molecule has 1 aliphatic rings. The van der Waals surface area contributed by atoms with Crippen LogP contribution in [-0.4, -0.2) is 27.3 Å². The topological polar surface area (TPSA) is 66.1 Å². The maximum Gasteiger partial charge on any atom is 0.258 e. The molecule has 2 aromatic carbocycles. The first-order valence-corrected chi connectivity index (χ1v) is 8.11. The summed E-state index contributed by atoms with van der Waals surface area (Å²) in [7, 11) is 0. The molecule has 1 saturated heterocycles. The molecule has 1 amide bonds. The number of likely N-dealkylation sites (tertiary alicyclic amines) is 1. The fourth-order valence-electron chi connectivity index (χ4n) is 3.24. The van der Waals surface area contributed by atoms with Crippen LogP contribution in [0.5, 0.6) is 0 Å². The predicted molar refractivity (Wildman–Crippen MR) is 91.5 cm³/mol. The fourth-order valence-corrected chi connectivity index (χ4v) is 3.24. The molecule has 25 heavy (non-hydrogen) atoms. The van der Waals surface area contributed by atoms with Crippen molar-refractivity contribution in [3.05, 3.63) is 76.1 Å². The van der Waals surface area contributed by atoms with Crippen molar-refractivity contribution in [2.24, 2.45) is 0 Å². The number of carbonyl (C=O) groups is 1. The number of nitrogens with one attached hydrogen (secondary N) is 1. The minimum absolute atomic E-state index is 0.0239. The van der Waals surface area contributed by atoms with E-state index in [-0.39, 0.29) is 23.8 Å². The number of amides is 1. The van der Waals surface area contributed by atoms with Gasteiger partial charge >= 0.3 is 0 Å². The van der Waals surface area contributed by atoms with Gasteiger partial charge < -0.3 is 9.88 Å². The van der Waals surface area contributed by atoms with Crippen molar-refractivity contribution >= 4 is 16.8 Å². The Morgan fingerprint density at radius 3 is 2.76 bits per heavy atom. The van der Waals surface area contributed by atoms with Gasteiger partial charge in [-0.1, -0.05) is 30.3 Å². The number of nitrogens with zero attached hydrogens (tertiary/aromatic N) is 2. The average molecular weight is 337 g/mol. The van der Waals surface area contributed by atoms with Gasteiger partial charge in [0.25, 0.3) is 5.56 Å². The first kappa shape index (κ1) is 15.5. The zero-order valence-corrected chi connectivity index (χ0v) is 13.4. The van der Waals surface area contributed by atoms with Gasteiger partial charge in [0.2, 0.25) is 5.91 Å². The quantitative estimate of drug-likeness (QED) is 0.799. The Labute approximate surface area is 143 Å². The third-order valence-electron chi connectivity index (χ3n) is 4.50. The van der Waals surface area contributed by atoms with Crippen LogP contribution in [0.3, 0.4) is 0 Å². The molecule has 1 N–H and O–H groups in total. The number of fused-ring (bicyclic) bond motifs is 1. The van der Waals surface area contributed by atoms with Crippen LogP contribution in [0, 0.1) is 5.82 Å². The Hall–Kier alpha value is -3.02. The molecule has 0 radical (unpaired) electrons. The van der Waals surface area contributed by atoms with Crippen molar-refractivity contribution in [1.29, 1.82) is 0 Å². The van der Waals surface area contributed by atoms with Crippen LogP contribution >= 0.6 is 0 Å². The standard InChI is InChI=1S/C19H16FN3O2/c20-14-6-7-15-16(9-14)21-18(22-19(15)25)13-8-17(24)23(11-13)10-12-4-2-1-3-5-12/h1-7,9,13H,8,10-11H2,(H,21,22,25). The third-order valence-corrected chi connectivity index (χ3v) is 4.50. The van der Waals surface area contributed by atoms with E-state index in [4.69, 9.17) is 0 Å². The number of hydrogen-bond donors (Lipinski definition) is 1. The minimum Gasteiger partial charge on any atom is -0.338 e. The van der Waals surface area contributed by atoms with E-state index in [1.54, 1.807) is 4.90 Å². The predicted octanol–water partition coefficient (Wildman–Crippen LogP) is 2.58. The molecule has 0 saturated carbocycles. The van der Waals surface area contributed by atoms with Crippen LogP contribution < -0.4 is 5.56 Å². The Balaban J connectivity index is 1.61. The maximum absolute atomic E-state index is 13.4. The molecule has 6 heteroatoms. The van der Waals surface area contributed by atoms with Gasteiger partial charge in [0, 0.05) is 31.5 Å². The van der Waals surface area contributed by atoms with Gasteiger partial charge in [0.15, 0.2) is 0 Å². The van der Waals surface area contributed by atoms with Crippen molar-refractivity contribution < 1.29 is 9.18 Å². The second-order valence-corrected chi connectivity index (χ2v) is 6.27. The largest absolute Gasteiger partial charge is 0.338 e. The second-order valence-electron chi connectivity index (χ2n) is 6.27. The Morgan fingerprint density at radius 2 is 1.96 bits per heavy atom. The summed E-state index contributed by atoms with van der Waals surface area (Å²) in [5, 5.41) is 0.343. The molecule has 1 aromatic heterocycles. The number of H-pyrrole nitrogens is 1. The smallest absolute Gasteiger partial charge is 0.258 e. The molecule has 1 aliphatic heterocycles. The summed E-state index contributed by atoms with van der Waals surface area (Å²) in [5.74, 6) is -0.177. The molecule has 4 rings (SSSR count). The van der Waals surface area contributed by atoms with Gasteiger partial charge in [-0.05, 0) is 17.7 Å². The highest BCUT2D eigenvalue weighted by Gasteiger charge is 2.32. The molecule has 0 spiro atoms. The van der Waals surface area contributed by atoms with Crippen LogP contribution in [0.2, 0.25) is 0 Å². The molecular formula is C19H16FN3O2. The van der Waals surface area contributed by atoms with E-state index in [0.717, 1.165) is 5.56 Å². The molecule has 126 valence electrons. The van der Waals surface area contributed by atoms with Crippen molar-refractivity contribution in [3.63, 3.8) is 0 Å². The Morgan fingerprint density at radius 1 is 1.16 bits per heavy atom. The summed E-state index contributed by atoms with van der Waals surface area (Å²) in [6, 6.07) is 13.6. The third kappa shape index (κ3) is 3.03. The van der Waals surface area contributed by atoms with Crippen molar-refractivity contribution in [1.82, 2.24) is 14.9 Å². The van der Waals surface area contributed by atoms with Crippen LogP contribution in [-0.2, 0) is 11.3 Å². The number of carbonyl (C=O) groups excluding carboxylic acids is 1. The van der Waals surface area contributed by atoms with E-state index in [1.807, 2.05) is 30.3 Å². The van der Waals surface area contributed by atoms with E-state index >= 15 is 0 Å². The molecule has 0 aliphatic carbocycles. The molecule has 0 bridgehead atoms. The van der Waals surface area contributed by atoms with Crippen molar-refractivity contribution in [2.45, 2.75) is 18.9 Å². The molecule has 3 aromatic rings. The number of aromatic amines is 1. The minimum atomic E-state index is -0.440. The Kier molecular flexibility index (Phi) is 3.80. The molecule has 5 nitrogen and oxygen atoms in total. The van der Waals surface area contributed by atoms with Gasteiger partial charge in [0.05, 0.1) is 10.9 Å². The van der Waals surface area contributed by atoms with Crippen LogP contribution in [0.4, 0.5) is 4.39 Å². The number of hydrogen-bond acceptors (Lipinski definition) is 3. The van der Waals surface area contributed by atoms with Crippen LogP contribution in [0.25, 0.3) is 10.9 Å². The van der Waals surface area contributed by atoms with E-state index in [9.17, 15) is 14.0 Å². The van der Waals surface area contributed by atoms with Gasteiger partial charge in [-0.3, -0.25) is 9.59 Å². The fraction of sp³-hybridized carbons (Fsp3) is 0.211. The molecule has 1 fully saturated rings. The lowest BCUT2D eigenvalue weighted by atomic mass is 10.1. The summed E-state index contributed by atoms with van der Waals surface area (Å²) < 4.78 is 13.4. The number of rotatable bonds is 3. The van der Waals surface area contributed by atoms with Gasteiger partial charge in [-0.25, -0.2) is 9.37 Å². The van der Waals surface area contributed by atoms with Crippen LogP contribution in [0.15, 0.2) is 53.3 Å². The summed E-state index contributed by atoms with van der Waals surface area (Å²) in [5.41, 5.74) is 1.06. The highest BCUT2D eigenvalue weighted by Crippen LogP contribution is 2.27. The highest BCUT2D eigenvalue weighted by atomic mass is 19.1. The second kappa shape index (κ2) is 6.12. The van der Waals surface area contributed by atoms with Crippen LogP contribution in [0.1, 0.15) is 23.7 Å². The van der Waals surface area contributed by atoms with E-state index in [1.165, 1.54) is 18.2 Å². The summed E-state index contributed by atoms with van der Waals surface area (Å²) in [6.07, 6.45) is 0.288. The highest BCUT2D eigenvalue weighted by molar-refractivity contribution is 5.80. The number of halogens is 1. The Bertz CT molecular complexity index is 1000. The molecule has 1 unspecified atom stereocenters. The molecule has 1 atom stereocenters. The lowest BCUT2D eigenvalue weighted by Gasteiger charge is -2.16. The molecule has 2 heterocycles. The van der Waals surface area contributed by atoms with Gasteiger partial charge in [0.1, 0.15) is 11.6 Å². The zero-order valence-electron chi connectivity index (χ0n) is 13.4. The van der Waals surface area contributed by atoms with Crippen molar-refractivity contribution in [2.75, 3.05) is 6.54 Å². The normalized spacial score (nSPS) is 17.4. The zero-order chi connectivity index (χ0) is 17.4. The van der Waals surface area contributed by atoms with E-state index in [0.29, 0.717) is 29.8 Å². The number of aromatic nitrogens is 2. The first-order valence-electron chi connectivity index (χ1n) is 8.11. The summed E-state index contributed by atoms with van der Waals surface area (Å²) in [4.78, 5) is 33.4. The van der Waals surface area contributed by atoms with Crippen molar-refractivity contribution in [3.8, 4) is 0 Å². The number of benzene rings is 2. The lowest BCUT2D eigenvalue weighted by Crippen LogP contribution is -2.24. The lowest BCUT2D eigenvalue weighted by molar-refractivity contribution is -0.128. The average Bonchev–Trinajstić information content (AvgIpc) is 2.96. The summed E-state index contributed by atoms with van der Waals surface area (Å²) >= 11 is 0. The SMILES string of the molecule is O=C1CC(c2nc3cc(F)ccc3c(=O)[nH]2)CN1Cc1ccccc1. The van der Waals surface area contributed by atoms with E-state index in [2.05, 4.69) is 9.97 Å². The maximum atomic E-state index is 13.4. The monoisotopic (exact) mass is 337 g/mol.